The Kier molecular flexibility index (Phi) is 4.98. The highest BCUT2D eigenvalue weighted by Crippen LogP contribution is 2.23. The molecule has 1 unspecified atom stereocenters. The van der Waals surface area contributed by atoms with Crippen molar-refractivity contribution in [3.63, 3.8) is 0 Å². The van der Waals surface area contributed by atoms with Gasteiger partial charge in [0.2, 0.25) is 11.8 Å². The fourth-order valence-corrected chi connectivity index (χ4v) is 2.21. The smallest absolute Gasteiger partial charge is 0.237 e. The molecule has 1 atom stereocenters. The van der Waals surface area contributed by atoms with Crippen LogP contribution in [0.3, 0.4) is 0 Å². The van der Waals surface area contributed by atoms with Gasteiger partial charge in [-0.05, 0) is 37.3 Å². The summed E-state index contributed by atoms with van der Waals surface area (Å²) in [7, 11) is 1.55. The van der Waals surface area contributed by atoms with Crippen molar-refractivity contribution in [1.29, 1.82) is 0 Å². The quantitative estimate of drug-likeness (QED) is 0.712. The van der Waals surface area contributed by atoms with Crippen LogP contribution in [-0.4, -0.2) is 27.0 Å². The minimum Gasteiger partial charge on any atom is -0.480 e. The number of ether oxygens (including phenoxy) is 1. The molecule has 128 valence electrons. The molecule has 0 amide bonds. The third kappa shape index (κ3) is 4.17. The number of nitrogens with one attached hydrogen (secondary N) is 2. The van der Waals surface area contributed by atoms with Crippen molar-refractivity contribution in [2.45, 2.75) is 13.0 Å². The number of halogens is 1. The van der Waals surface area contributed by atoms with Crippen LogP contribution in [0.1, 0.15) is 18.7 Å². The Bertz CT molecular complexity index is 843. The molecule has 3 rings (SSSR count). The van der Waals surface area contributed by atoms with E-state index in [0.717, 1.165) is 0 Å². The summed E-state index contributed by atoms with van der Waals surface area (Å²) in [5.41, 5.74) is 1.37. The van der Waals surface area contributed by atoms with Crippen LogP contribution < -0.4 is 15.4 Å². The molecule has 0 bridgehead atoms. The van der Waals surface area contributed by atoms with E-state index in [4.69, 9.17) is 4.74 Å². The van der Waals surface area contributed by atoms with Gasteiger partial charge >= 0.3 is 0 Å². The van der Waals surface area contributed by atoms with Crippen molar-refractivity contribution >= 4 is 17.5 Å². The first-order valence-corrected chi connectivity index (χ1v) is 7.63. The number of rotatable bonds is 6. The maximum Gasteiger partial charge on any atom is 0.237 e. The number of anilines is 3. The molecular formula is C17H17FN6O. The number of hydrogen-bond donors (Lipinski definition) is 2. The van der Waals surface area contributed by atoms with Crippen molar-refractivity contribution in [1.82, 2.24) is 19.9 Å². The number of pyridine rings is 2. The second-order valence-corrected chi connectivity index (χ2v) is 5.22. The number of nitrogens with zero attached hydrogens (tertiary/aromatic N) is 4. The molecule has 3 aromatic heterocycles. The summed E-state index contributed by atoms with van der Waals surface area (Å²) in [6.45, 7) is 1.92. The summed E-state index contributed by atoms with van der Waals surface area (Å²) in [4.78, 5) is 16.8. The highest BCUT2D eigenvalue weighted by atomic mass is 19.1. The molecule has 0 aliphatic rings. The van der Waals surface area contributed by atoms with Gasteiger partial charge in [-0.15, -0.1) is 0 Å². The molecule has 0 spiro atoms. The second kappa shape index (κ2) is 7.52. The van der Waals surface area contributed by atoms with E-state index in [1.807, 2.05) is 13.0 Å². The normalized spacial score (nSPS) is 11.6. The van der Waals surface area contributed by atoms with Gasteiger partial charge < -0.3 is 15.4 Å². The maximum absolute atomic E-state index is 13.0. The van der Waals surface area contributed by atoms with E-state index in [9.17, 15) is 4.39 Å². The highest BCUT2D eigenvalue weighted by molar-refractivity contribution is 5.60. The van der Waals surface area contributed by atoms with E-state index >= 15 is 0 Å². The van der Waals surface area contributed by atoms with E-state index in [-0.39, 0.29) is 11.9 Å². The zero-order valence-corrected chi connectivity index (χ0v) is 13.8. The zero-order valence-electron chi connectivity index (χ0n) is 13.8. The van der Waals surface area contributed by atoms with Gasteiger partial charge in [-0.25, -0.2) is 14.4 Å². The molecule has 0 aliphatic carbocycles. The van der Waals surface area contributed by atoms with Crippen LogP contribution in [-0.2, 0) is 0 Å². The van der Waals surface area contributed by atoms with Gasteiger partial charge in [0.1, 0.15) is 17.3 Å². The average molecular weight is 340 g/mol. The summed E-state index contributed by atoms with van der Waals surface area (Å²) in [5.74, 6) is 1.10. The predicted octanol–water partition coefficient (Wildman–Crippen LogP) is 3.33. The fourth-order valence-electron chi connectivity index (χ4n) is 2.21. The summed E-state index contributed by atoms with van der Waals surface area (Å²) in [6.07, 6.45) is 4.46. The third-order valence-corrected chi connectivity index (χ3v) is 3.42. The molecule has 0 fully saturated rings. The molecule has 3 aromatic rings. The zero-order chi connectivity index (χ0) is 17.6. The van der Waals surface area contributed by atoms with E-state index in [1.54, 1.807) is 37.7 Å². The second-order valence-electron chi connectivity index (χ2n) is 5.22. The Balaban J connectivity index is 1.74. The van der Waals surface area contributed by atoms with Crippen LogP contribution in [0, 0.1) is 5.82 Å². The first kappa shape index (κ1) is 16.6. The van der Waals surface area contributed by atoms with Gasteiger partial charge in [-0.2, -0.15) is 4.98 Å². The fraction of sp³-hybridized carbons (Fsp3) is 0.176. The van der Waals surface area contributed by atoms with E-state index in [2.05, 4.69) is 30.6 Å². The van der Waals surface area contributed by atoms with Gasteiger partial charge in [-0.1, -0.05) is 0 Å². The average Bonchev–Trinajstić information content (AvgIpc) is 2.63. The minimum absolute atomic E-state index is 0.142. The molecule has 2 N–H and O–H groups in total. The largest absolute Gasteiger partial charge is 0.480 e. The van der Waals surface area contributed by atoms with Gasteiger partial charge in [-0.3, -0.25) is 4.98 Å². The lowest BCUT2D eigenvalue weighted by Crippen LogP contribution is -2.10. The van der Waals surface area contributed by atoms with E-state index in [0.29, 0.717) is 29.0 Å². The minimum atomic E-state index is -0.366. The Labute approximate surface area is 144 Å². The van der Waals surface area contributed by atoms with Crippen molar-refractivity contribution in [2.75, 3.05) is 17.7 Å². The number of aromatic nitrogens is 4. The molecule has 0 radical (unpaired) electrons. The van der Waals surface area contributed by atoms with E-state index in [1.165, 1.54) is 12.3 Å². The Hall–Kier alpha value is -3.29. The molecule has 8 heteroatoms. The van der Waals surface area contributed by atoms with Crippen LogP contribution in [0.25, 0.3) is 0 Å². The predicted molar refractivity (Wildman–Crippen MR) is 92.3 cm³/mol. The topological polar surface area (TPSA) is 84.9 Å². The van der Waals surface area contributed by atoms with Gasteiger partial charge in [0.15, 0.2) is 0 Å². The summed E-state index contributed by atoms with van der Waals surface area (Å²) in [6, 6.07) is 8.22. The van der Waals surface area contributed by atoms with E-state index < -0.39 is 0 Å². The first-order valence-electron chi connectivity index (χ1n) is 7.63. The summed E-state index contributed by atoms with van der Waals surface area (Å²) < 4.78 is 18.2. The molecular weight excluding hydrogens is 323 g/mol. The molecule has 25 heavy (non-hydrogen) atoms. The summed E-state index contributed by atoms with van der Waals surface area (Å²) in [5, 5.41) is 6.28. The van der Waals surface area contributed by atoms with Crippen LogP contribution >= 0.6 is 0 Å². The number of hydrogen-bond acceptors (Lipinski definition) is 7. The van der Waals surface area contributed by atoms with Crippen molar-refractivity contribution in [3.05, 3.63) is 60.4 Å². The third-order valence-electron chi connectivity index (χ3n) is 3.42. The lowest BCUT2D eigenvalue weighted by Gasteiger charge is -2.15. The van der Waals surface area contributed by atoms with Gasteiger partial charge in [0, 0.05) is 12.4 Å². The van der Waals surface area contributed by atoms with Crippen LogP contribution in [0.5, 0.6) is 5.88 Å². The Morgan fingerprint density at radius 1 is 1.08 bits per heavy atom. The molecule has 0 aliphatic heterocycles. The van der Waals surface area contributed by atoms with Crippen molar-refractivity contribution < 1.29 is 9.13 Å². The monoisotopic (exact) mass is 340 g/mol. The van der Waals surface area contributed by atoms with Gasteiger partial charge in [0.25, 0.3) is 0 Å². The van der Waals surface area contributed by atoms with Crippen LogP contribution in [0.2, 0.25) is 0 Å². The first-order chi connectivity index (χ1) is 12.2. The summed E-state index contributed by atoms with van der Waals surface area (Å²) >= 11 is 0. The standard InChI is InChI=1S/C17H17FN6O/c1-11(13-6-5-12(18)10-21-13)22-15-7-9-20-17(24-15)23-14-4-3-8-19-16(14)25-2/h3-11H,1-2H3,(H2,20,22,23,24). The SMILES string of the molecule is COc1ncccc1Nc1nccc(NC(C)c2ccc(F)cn2)n1. The molecule has 3 heterocycles. The maximum atomic E-state index is 13.0. The van der Waals surface area contributed by atoms with Crippen LogP contribution in [0.15, 0.2) is 48.9 Å². The van der Waals surface area contributed by atoms with Crippen LogP contribution in [0.4, 0.5) is 21.8 Å². The molecule has 0 saturated heterocycles. The lowest BCUT2D eigenvalue weighted by atomic mass is 10.2. The molecule has 7 nitrogen and oxygen atoms in total. The molecule has 0 saturated carbocycles. The molecule has 0 aromatic carbocycles. The number of methoxy groups -OCH3 is 1. The highest BCUT2D eigenvalue weighted by Gasteiger charge is 2.10. The van der Waals surface area contributed by atoms with Crippen molar-refractivity contribution in [2.24, 2.45) is 0 Å². The van der Waals surface area contributed by atoms with Gasteiger partial charge in [0.05, 0.1) is 25.0 Å². The van der Waals surface area contributed by atoms with Crippen molar-refractivity contribution in [3.8, 4) is 5.88 Å². The lowest BCUT2D eigenvalue weighted by molar-refractivity contribution is 0.400. The Morgan fingerprint density at radius 2 is 1.96 bits per heavy atom. The Morgan fingerprint density at radius 3 is 2.72 bits per heavy atom.